The molecule has 0 spiro atoms. The second-order valence-corrected chi connectivity index (χ2v) is 3.16. The molecule has 0 aromatic heterocycles. The van der Waals surface area contributed by atoms with Crippen LogP contribution < -0.4 is 11.5 Å². The second-order valence-electron chi connectivity index (χ2n) is 3.16. The highest BCUT2D eigenvalue weighted by Crippen LogP contribution is 2.03. The Morgan fingerprint density at radius 2 is 1.85 bits per heavy atom. The van der Waals surface area contributed by atoms with E-state index in [0.29, 0.717) is 6.42 Å². The summed E-state index contributed by atoms with van der Waals surface area (Å²) in [6, 6.07) is 9.57. The van der Waals surface area contributed by atoms with Gasteiger partial charge in [-0.3, -0.25) is 0 Å². The second kappa shape index (κ2) is 4.97. The van der Waals surface area contributed by atoms with E-state index < -0.39 is 6.10 Å². The minimum atomic E-state index is -0.611. The monoisotopic (exact) mass is 180 g/mol. The summed E-state index contributed by atoms with van der Waals surface area (Å²) >= 11 is 0. The van der Waals surface area contributed by atoms with Gasteiger partial charge in [-0.1, -0.05) is 30.3 Å². The first-order valence-electron chi connectivity index (χ1n) is 4.41. The molecule has 0 saturated heterocycles. The van der Waals surface area contributed by atoms with E-state index in [0.717, 1.165) is 5.56 Å². The van der Waals surface area contributed by atoms with Gasteiger partial charge in [-0.2, -0.15) is 0 Å². The number of benzene rings is 1. The Kier molecular flexibility index (Phi) is 3.89. The van der Waals surface area contributed by atoms with Gasteiger partial charge in [-0.25, -0.2) is 0 Å². The summed E-state index contributed by atoms with van der Waals surface area (Å²) in [5.74, 6) is 0. The van der Waals surface area contributed by atoms with Crippen molar-refractivity contribution in [3.63, 3.8) is 0 Å². The van der Waals surface area contributed by atoms with Crippen LogP contribution in [0.4, 0.5) is 0 Å². The molecular weight excluding hydrogens is 164 g/mol. The Balaban J connectivity index is 2.50. The average molecular weight is 180 g/mol. The largest absolute Gasteiger partial charge is 0.390 e. The van der Waals surface area contributed by atoms with E-state index >= 15 is 0 Å². The van der Waals surface area contributed by atoms with E-state index in [1.165, 1.54) is 0 Å². The summed E-state index contributed by atoms with van der Waals surface area (Å²) in [6.07, 6.45) is 0.0550. The van der Waals surface area contributed by atoms with Crippen molar-refractivity contribution in [2.75, 3.05) is 6.54 Å². The fraction of sp³-hybridized carbons (Fsp3) is 0.400. The van der Waals surface area contributed by atoms with Gasteiger partial charge in [-0.15, -0.1) is 0 Å². The molecule has 0 fully saturated rings. The van der Waals surface area contributed by atoms with Crippen molar-refractivity contribution in [2.45, 2.75) is 18.6 Å². The van der Waals surface area contributed by atoms with Gasteiger partial charge >= 0.3 is 0 Å². The molecule has 1 aromatic carbocycles. The molecule has 1 aromatic rings. The molecule has 0 unspecified atom stereocenters. The maximum atomic E-state index is 9.34. The topological polar surface area (TPSA) is 72.3 Å². The molecule has 0 aliphatic carbocycles. The van der Waals surface area contributed by atoms with Gasteiger partial charge in [0.05, 0.1) is 6.10 Å². The van der Waals surface area contributed by atoms with Gasteiger partial charge in [0.2, 0.25) is 0 Å². The predicted molar refractivity (Wildman–Crippen MR) is 53.2 cm³/mol. The lowest BCUT2D eigenvalue weighted by atomic mass is 10.0. The molecule has 3 heteroatoms. The van der Waals surface area contributed by atoms with Crippen LogP contribution in [0.25, 0.3) is 0 Å². The first-order valence-corrected chi connectivity index (χ1v) is 4.41. The number of nitrogens with two attached hydrogens (primary N) is 2. The molecule has 0 aliphatic rings. The molecule has 0 aliphatic heterocycles. The maximum Gasteiger partial charge on any atom is 0.0816 e. The van der Waals surface area contributed by atoms with Crippen LogP contribution in [-0.4, -0.2) is 23.8 Å². The Bertz CT molecular complexity index is 238. The van der Waals surface area contributed by atoms with Crippen LogP contribution in [0.3, 0.4) is 0 Å². The fourth-order valence-electron chi connectivity index (χ4n) is 1.20. The Morgan fingerprint density at radius 3 is 2.38 bits per heavy atom. The van der Waals surface area contributed by atoms with Crippen molar-refractivity contribution >= 4 is 0 Å². The van der Waals surface area contributed by atoms with Gasteiger partial charge in [0.15, 0.2) is 0 Å². The van der Waals surface area contributed by atoms with Crippen LogP contribution in [0.1, 0.15) is 5.56 Å². The molecular formula is C10H16N2O. The van der Waals surface area contributed by atoms with E-state index in [9.17, 15) is 5.11 Å². The molecule has 0 bridgehead atoms. The maximum absolute atomic E-state index is 9.34. The molecule has 13 heavy (non-hydrogen) atoms. The third kappa shape index (κ3) is 3.14. The highest BCUT2D eigenvalue weighted by Gasteiger charge is 2.12. The number of aliphatic hydroxyl groups excluding tert-OH is 1. The lowest BCUT2D eigenvalue weighted by Crippen LogP contribution is -2.41. The first-order chi connectivity index (χ1) is 6.24. The van der Waals surface area contributed by atoms with E-state index in [-0.39, 0.29) is 12.6 Å². The highest BCUT2D eigenvalue weighted by molar-refractivity contribution is 5.16. The van der Waals surface area contributed by atoms with Gasteiger partial charge < -0.3 is 16.6 Å². The fourth-order valence-corrected chi connectivity index (χ4v) is 1.20. The summed E-state index contributed by atoms with van der Waals surface area (Å²) in [6.45, 7) is 0.216. The van der Waals surface area contributed by atoms with Gasteiger partial charge in [0.25, 0.3) is 0 Å². The smallest absolute Gasteiger partial charge is 0.0816 e. The first kappa shape index (κ1) is 10.2. The Labute approximate surface area is 78.4 Å². The molecule has 0 radical (unpaired) electrons. The molecule has 0 amide bonds. The summed E-state index contributed by atoms with van der Waals surface area (Å²) in [5, 5.41) is 9.34. The van der Waals surface area contributed by atoms with Crippen molar-refractivity contribution < 1.29 is 5.11 Å². The quantitative estimate of drug-likeness (QED) is 0.604. The molecule has 2 atom stereocenters. The zero-order valence-corrected chi connectivity index (χ0v) is 7.56. The van der Waals surface area contributed by atoms with Gasteiger partial charge in [-0.05, 0) is 12.0 Å². The van der Waals surface area contributed by atoms with E-state index in [1.807, 2.05) is 30.3 Å². The summed E-state index contributed by atoms with van der Waals surface area (Å²) in [4.78, 5) is 0. The number of rotatable bonds is 4. The number of hydrogen-bond donors (Lipinski definition) is 3. The number of hydrogen-bond acceptors (Lipinski definition) is 3. The van der Waals surface area contributed by atoms with Gasteiger partial charge in [0.1, 0.15) is 0 Å². The SMILES string of the molecule is NC[C@H](O)[C@H](N)Cc1ccccc1. The highest BCUT2D eigenvalue weighted by atomic mass is 16.3. The van der Waals surface area contributed by atoms with Crippen LogP contribution in [0.2, 0.25) is 0 Å². The van der Waals surface area contributed by atoms with Crippen molar-refractivity contribution in [1.82, 2.24) is 0 Å². The molecule has 72 valence electrons. The van der Waals surface area contributed by atoms with E-state index in [2.05, 4.69) is 0 Å². The normalized spacial score (nSPS) is 15.3. The zero-order chi connectivity index (χ0) is 9.68. The van der Waals surface area contributed by atoms with Crippen molar-refractivity contribution in [3.8, 4) is 0 Å². The van der Waals surface area contributed by atoms with Crippen LogP contribution in [0.5, 0.6) is 0 Å². The minimum Gasteiger partial charge on any atom is -0.390 e. The molecule has 0 heterocycles. The molecule has 3 nitrogen and oxygen atoms in total. The molecule has 0 saturated carbocycles. The average Bonchev–Trinajstić information content (AvgIpc) is 2.18. The van der Waals surface area contributed by atoms with Crippen LogP contribution >= 0.6 is 0 Å². The Morgan fingerprint density at radius 1 is 1.23 bits per heavy atom. The van der Waals surface area contributed by atoms with Gasteiger partial charge in [0, 0.05) is 12.6 Å². The minimum absolute atomic E-state index is 0.216. The number of aliphatic hydroxyl groups is 1. The summed E-state index contributed by atoms with van der Waals surface area (Å²) in [7, 11) is 0. The standard InChI is InChI=1S/C10H16N2O/c11-7-10(13)9(12)6-8-4-2-1-3-5-8/h1-5,9-10,13H,6-7,11-12H2/t9-,10+/m1/s1. The van der Waals surface area contributed by atoms with Crippen LogP contribution in [-0.2, 0) is 6.42 Å². The van der Waals surface area contributed by atoms with Crippen molar-refractivity contribution in [2.24, 2.45) is 11.5 Å². The zero-order valence-electron chi connectivity index (χ0n) is 7.56. The summed E-state index contributed by atoms with van der Waals surface area (Å²) in [5.41, 5.74) is 12.2. The molecule has 5 N–H and O–H groups in total. The third-order valence-electron chi connectivity index (χ3n) is 2.05. The predicted octanol–water partition coefficient (Wildman–Crippen LogP) is -0.124. The summed E-state index contributed by atoms with van der Waals surface area (Å²) < 4.78 is 0. The lowest BCUT2D eigenvalue weighted by molar-refractivity contribution is 0.152. The van der Waals surface area contributed by atoms with E-state index in [4.69, 9.17) is 11.5 Å². The lowest BCUT2D eigenvalue weighted by Gasteiger charge is -2.16. The van der Waals surface area contributed by atoms with Crippen LogP contribution in [0.15, 0.2) is 30.3 Å². The van der Waals surface area contributed by atoms with Crippen LogP contribution in [0, 0.1) is 0 Å². The van der Waals surface area contributed by atoms with Crippen molar-refractivity contribution in [3.05, 3.63) is 35.9 Å². The van der Waals surface area contributed by atoms with E-state index in [1.54, 1.807) is 0 Å². The third-order valence-corrected chi connectivity index (χ3v) is 2.05. The van der Waals surface area contributed by atoms with Crippen molar-refractivity contribution in [1.29, 1.82) is 0 Å². The Hall–Kier alpha value is -0.900. The molecule has 1 rings (SSSR count).